The molecule has 4 N–H and O–H groups in total. The molecule has 10 heteroatoms. The Morgan fingerprint density at radius 1 is 1.21 bits per heavy atom. The quantitative estimate of drug-likeness (QED) is 0.579. The number of nitrogens with one attached hydrogen (secondary N) is 2. The minimum Gasteiger partial charge on any atom is -0.380 e. The number of methoxy groups -OCH3 is 1. The van der Waals surface area contributed by atoms with Gasteiger partial charge in [-0.3, -0.25) is 9.59 Å². The van der Waals surface area contributed by atoms with E-state index in [1.54, 1.807) is 31.2 Å². The predicted molar refractivity (Wildman–Crippen MR) is 110 cm³/mol. The molecule has 2 aromatic carbocycles. The third-order valence-corrected chi connectivity index (χ3v) is 5.40. The van der Waals surface area contributed by atoms with E-state index in [-0.39, 0.29) is 30.3 Å². The summed E-state index contributed by atoms with van der Waals surface area (Å²) in [7, 11) is -2.72. The van der Waals surface area contributed by atoms with Crippen molar-refractivity contribution in [3.63, 3.8) is 0 Å². The maximum Gasteiger partial charge on any atom is 0.252 e. The fraction of sp³-hybridized carbons (Fsp3) is 0.263. The third kappa shape index (κ3) is 6.53. The molecule has 1 unspecified atom stereocenters. The van der Waals surface area contributed by atoms with Gasteiger partial charge in [0.05, 0.1) is 23.0 Å². The lowest BCUT2D eigenvalue weighted by Crippen LogP contribution is -2.33. The molecule has 0 aliphatic rings. The first-order valence-corrected chi connectivity index (χ1v) is 10.6. The molecule has 2 aromatic rings. The van der Waals surface area contributed by atoms with Crippen molar-refractivity contribution >= 4 is 39.1 Å². The van der Waals surface area contributed by atoms with Crippen LogP contribution in [0.15, 0.2) is 47.4 Å². The average Bonchev–Trinajstić information content (AvgIpc) is 2.66. The van der Waals surface area contributed by atoms with Gasteiger partial charge in [0.2, 0.25) is 15.9 Å². The Balaban J connectivity index is 2.21. The van der Waals surface area contributed by atoms with Crippen molar-refractivity contribution in [1.82, 2.24) is 5.32 Å². The number of halogens is 1. The Bertz CT molecular complexity index is 1010. The Labute approximate surface area is 174 Å². The van der Waals surface area contributed by atoms with Gasteiger partial charge in [0.1, 0.15) is 0 Å². The van der Waals surface area contributed by atoms with Crippen LogP contribution in [0, 0.1) is 0 Å². The second-order valence-corrected chi connectivity index (χ2v) is 8.27. The van der Waals surface area contributed by atoms with Gasteiger partial charge in [-0.1, -0.05) is 29.8 Å². The second kappa shape index (κ2) is 9.84. The van der Waals surface area contributed by atoms with Crippen molar-refractivity contribution in [3.8, 4) is 0 Å². The Morgan fingerprint density at radius 3 is 2.52 bits per heavy atom. The number of anilines is 1. The van der Waals surface area contributed by atoms with Gasteiger partial charge in [-0.15, -0.1) is 0 Å². The molecule has 156 valence electrons. The highest BCUT2D eigenvalue weighted by molar-refractivity contribution is 7.89. The van der Waals surface area contributed by atoms with Gasteiger partial charge >= 0.3 is 0 Å². The van der Waals surface area contributed by atoms with E-state index < -0.39 is 26.7 Å². The zero-order valence-electron chi connectivity index (χ0n) is 15.9. The molecule has 2 amide bonds. The lowest BCUT2D eigenvalue weighted by atomic mass is 10.1. The molecule has 0 aromatic heterocycles. The fourth-order valence-corrected chi connectivity index (χ4v) is 3.42. The van der Waals surface area contributed by atoms with Crippen LogP contribution in [-0.4, -0.2) is 40.0 Å². The van der Waals surface area contributed by atoms with E-state index >= 15 is 0 Å². The van der Waals surface area contributed by atoms with Gasteiger partial charge in [0.15, 0.2) is 0 Å². The summed E-state index contributed by atoms with van der Waals surface area (Å²) in [6, 6.07) is 10.7. The van der Waals surface area contributed by atoms with Crippen molar-refractivity contribution in [2.45, 2.75) is 24.3 Å². The van der Waals surface area contributed by atoms with E-state index in [0.717, 1.165) is 6.07 Å². The van der Waals surface area contributed by atoms with Gasteiger partial charge in [0.25, 0.3) is 5.91 Å². The van der Waals surface area contributed by atoms with Crippen LogP contribution in [0.2, 0.25) is 5.02 Å². The van der Waals surface area contributed by atoms with Crippen LogP contribution < -0.4 is 15.8 Å². The number of sulfonamides is 1. The highest BCUT2D eigenvalue weighted by Gasteiger charge is 2.21. The Hall–Kier alpha value is -2.46. The Morgan fingerprint density at radius 2 is 1.90 bits per heavy atom. The molecule has 0 radical (unpaired) electrons. The summed E-state index contributed by atoms with van der Waals surface area (Å²) in [5, 5.41) is 10.9. The number of hydrogen-bond acceptors (Lipinski definition) is 5. The Kier molecular flexibility index (Phi) is 7.74. The summed E-state index contributed by atoms with van der Waals surface area (Å²) < 4.78 is 29.0. The van der Waals surface area contributed by atoms with Crippen molar-refractivity contribution in [2.75, 3.05) is 19.0 Å². The number of hydrogen-bond donors (Lipinski definition) is 3. The molecule has 0 aliphatic heterocycles. The monoisotopic (exact) mass is 439 g/mol. The van der Waals surface area contributed by atoms with Crippen molar-refractivity contribution in [1.29, 1.82) is 0 Å². The minimum atomic E-state index is -4.21. The normalized spacial score (nSPS) is 12.3. The average molecular weight is 440 g/mol. The molecule has 2 rings (SSSR count). The SMILES string of the molecule is COC(C)CNC(=O)c1ccc(NC(=O)Cc2ccccc2Cl)cc1S(N)(=O)=O. The number of benzene rings is 2. The first kappa shape index (κ1) is 22.8. The van der Waals surface area contributed by atoms with Gasteiger partial charge in [-0.25, -0.2) is 13.6 Å². The summed E-state index contributed by atoms with van der Waals surface area (Å²) >= 11 is 6.05. The molecule has 0 fully saturated rings. The first-order valence-electron chi connectivity index (χ1n) is 8.63. The summed E-state index contributed by atoms with van der Waals surface area (Å²) in [4.78, 5) is 24.2. The standard InChI is InChI=1S/C19H22ClN3O5S/c1-12(28-2)11-22-19(25)15-8-7-14(10-17(15)29(21,26)27)23-18(24)9-13-5-3-4-6-16(13)20/h3-8,10,12H,9,11H2,1-2H3,(H,22,25)(H,23,24)(H2,21,26,27). The van der Waals surface area contributed by atoms with Crippen LogP contribution in [-0.2, 0) is 26.0 Å². The molecule has 29 heavy (non-hydrogen) atoms. The molecule has 0 bridgehead atoms. The highest BCUT2D eigenvalue weighted by atomic mass is 35.5. The van der Waals surface area contributed by atoms with Crippen LogP contribution in [0.5, 0.6) is 0 Å². The van der Waals surface area contributed by atoms with Gasteiger partial charge < -0.3 is 15.4 Å². The van der Waals surface area contributed by atoms with Crippen LogP contribution in [0.25, 0.3) is 0 Å². The molecule has 0 aliphatic carbocycles. The van der Waals surface area contributed by atoms with E-state index in [0.29, 0.717) is 10.6 Å². The highest BCUT2D eigenvalue weighted by Crippen LogP contribution is 2.21. The number of amides is 2. The van der Waals surface area contributed by atoms with Gasteiger partial charge in [0, 0.05) is 24.4 Å². The van der Waals surface area contributed by atoms with Crippen molar-refractivity contribution < 1.29 is 22.7 Å². The number of primary sulfonamides is 1. The number of ether oxygens (including phenoxy) is 1. The van der Waals surface area contributed by atoms with Crippen LogP contribution >= 0.6 is 11.6 Å². The molecule has 0 spiro atoms. The maximum absolute atomic E-state index is 12.4. The van der Waals surface area contributed by atoms with Crippen LogP contribution in [0.4, 0.5) is 5.69 Å². The molecule has 0 heterocycles. The van der Waals surface area contributed by atoms with E-state index in [9.17, 15) is 18.0 Å². The van der Waals surface area contributed by atoms with Gasteiger partial charge in [-0.2, -0.15) is 0 Å². The van der Waals surface area contributed by atoms with E-state index in [1.165, 1.54) is 19.2 Å². The topological polar surface area (TPSA) is 128 Å². The molecular formula is C19H22ClN3O5S. The largest absolute Gasteiger partial charge is 0.380 e. The lowest BCUT2D eigenvalue weighted by molar-refractivity contribution is -0.115. The molecular weight excluding hydrogens is 418 g/mol. The summed E-state index contributed by atoms with van der Waals surface area (Å²) in [6.45, 7) is 1.94. The summed E-state index contributed by atoms with van der Waals surface area (Å²) in [5.41, 5.74) is 0.689. The van der Waals surface area contributed by atoms with Gasteiger partial charge in [-0.05, 0) is 36.8 Å². The second-order valence-electron chi connectivity index (χ2n) is 6.33. The summed E-state index contributed by atoms with van der Waals surface area (Å²) in [5.74, 6) is -1.02. The maximum atomic E-state index is 12.4. The number of carbonyl (C=O) groups excluding carboxylic acids is 2. The fourth-order valence-electron chi connectivity index (χ4n) is 2.46. The van der Waals surface area contributed by atoms with E-state index in [4.69, 9.17) is 21.5 Å². The molecule has 8 nitrogen and oxygen atoms in total. The number of nitrogens with two attached hydrogens (primary N) is 1. The molecule has 0 saturated heterocycles. The lowest BCUT2D eigenvalue weighted by Gasteiger charge is -2.14. The first-order chi connectivity index (χ1) is 13.6. The van der Waals surface area contributed by atoms with Crippen LogP contribution in [0.1, 0.15) is 22.8 Å². The number of rotatable bonds is 8. The van der Waals surface area contributed by atoms with Crippen molar-refractivity contribution in [3.05, 3.63) is 58.6 Å². The minimum absolute atomic E-state index is 0.00151. The van der Waals surface area contributed by atoms with E-state index in [2.05, 4.69) is 10.6 Å². The zero-order chi connectivity index (χ0) is 21.6. The number of carbonyl (C=O) groups is 2. The zero-order valence-corrected chi connectivity index (χ0v) is 17.5. The third-order valence-electron chi connectivity index (χ3n) is 4.08. The molecule has 1 atom stereocenters. The summed E-state index contributed by atoms with van der Waals surface area (Å²) in [6.07, 6.45) is -0.248. The van der Waals surface area contributed by atoms with Crippen LogP contribution in [0.3, 0.4) is 0 Å². The van der Waals surface area contributed by atoms with E-state index in [1.807, 2.05) is 0 Å². The smallest absolute Gasteiger partial charge is 0.252 e. The van der Waals surface area contributed by atoms with Crippen molar-refractivity contribution in [2.24, 2.45) is 5.14 Å². The molecule has 0 saturated carbocycles. The predicted octanol–water partition coefficient (Wildman–Crippen LogP) is 1.93.